The quantitative estimate of drug-likeness (QED) is 0.552. The van der Waals surface area contributed by atoms with Gasteiger partial charge >= 0.3 is 11.7 Å². The standard InChI is InChI=1S/C4H5N.C2H2F4O3S/c1-2-4-5-3-1;3-1(4)2(5,6)10(7,8)9/h1-5H;1H,(H,7,8,9). The first-order chi connectivity index (χ1) is 6.69. The van der Waals surface area contributed by atoms with Crippen LogP contribution in [0.1, 0.15) is 0 Å². The van der Waals surface area contributed by atoms with E-state index in [9.17, 15) is 30.5 Å². The number of allylic oxidation sites excluding steroid dienone is 2. The summed E-state index contributed by atoms with van der Waals surface area (Å²) in [5, 5.41) is -3.48. The van der Waals surface area contributed by atoms with Crippen LogP contribution in [0.25, 0.3) is 0 Å². The smallest absolute Gasteiger partial charge is 0.393 e. The van der Waals surface area contributed by atoms with Crippen molar-refractivity contribution in [2.24, 2.45) is 0 Å². The monoisotopic (exact) mass is 249 g/mol. The Morgan fingerprint density at radius 3 is 1.67 bits per heavy atom. The lowest BCUT2D eigenvalue weighted by Crippen LogP contribution is -2.69. The van der Waals surface area contributed by atoms with Gasteiger partial charge in [-0.05, 0) is 12.2 Å². The van der Waals surface area contributed by atoms with Crippen LogP contribution in [0.15, 0.2) is 24.6 Å². The van der Waals surface area contributed by atoms with Crippen LogP contribution in [-0.2, 0) is 10.1 Å². The number of alkyl halides is 4. The Bertz CT molecular complexity index is 339. The largest absolute Gasteiger partial charge is 0.743 e. The molecule has 0 spiro atoms. The molecule has 1 aliphatic rings. The molecule has 9 heteroatoms. The normalized spacial score (nSPS) is 15.3. The van der Waals surface area contributed by atoms with Gasteiger partial charge in [0.1, 0.15) is 0 Å². The summed E-state index contributed by atoms with van der Waals surface area (Å²) in [7, 11) is -6.23. The topological polar surface area (TPSA) is 73.8 Å². The third-order valence-corrected chi connectivity index (χ3v) is 1.99. The highest BCUT2D eigenvalue weighted by Gasteiger charge is 2.48. The molecule has 0 unspecified atom stereocenters. The zero-order chi connectivity index (χ0) is 12.1. The van der Waals surface area contributed by atoms with Gasteiger partial charge in [-0.3, -0.25) is 5.32 Å². The summed E-state index contributed by atoms with van der Waals surface area (Å²) in [6, 6.07) is 0. The summed E-state index contributed by atoms with van der Waals surface area (Å²) < 4.78 is 72.7. The van der Waals surface area contributed by atoms with Crippen LogP contribution >= 0.6 is 0 Å². The van der Waals surface area contributed by atoms with Crippen LogP contribution in [0, 0.1) is 0 Å². The molecule has 88 valence electrons. The molecule has 1 aliphatic heterocycles. The predicted molar refractivity (Wildman–Crippen MR) is 40.9 cm³/mol. The summed E-state index contributed by atoms with van der Waals surface area (Å²) in [5.41, 5.74) is 0. The van der Waals surface area contributed by atoms with E-state index in [1.165, 1.54) is 0 Å². The average molecular weight is 249 g/mol. The first-order valence-electron chi connectivity index (χ1n) is 3.47. The zero-order valence-corrected chi connectivity index (χ0v) is 7.93. The molecule has 0 aromatic carbocycles. The van der Waals surface area contributed by atoms with Crippen LogP contribution in [0.4, 0.5) is 17.6 Å². The third kappa shape index (κ3) is 4.40. The second kappa shape index (κ2) is 5.24. The van der Waals surface area contributed by atoms with Gasteiger partial charge in [0, 0.05) is 0 Å². The van der Waals surface area contributed by atoms with Crippen molar-refractivity contribution in [3.63, 3.8) is 0 Å². The number of nitrogens with two attached hydrogens (primary N) is 1. The lowest BCUT2D eigenvalue weighted by atomic mass is 10.6. The van der Waals surface area contributed by atoms with Crippen LogP contribution < -0.4 is 5.32 Å². The molecule has 0 bridgehead atoms. The first-order valence-corrected chi connectivity index (χ1v) is 4.88. The lowest BCUT2D eigenvalue weighted by molar-refractivity contribution is -0.510. The highest BCUT2D eigenvalue weighted by Crippen LogP contribution is 2.27. The number of quaternary nitrogens is 1. The van der Waals surface area contributed by atoms with E-state index in [4.69, 9.17) is 0 Å². The van der Waals surface area contributed by atoms with Gasteiger partial charge in [0.25, 0.3) is 0 Å². The third-order valence-electron chi connectivity index (χ3n) is 1.14. The Kier molecular flexibility index (Phi) is 4.91. The Labute approximate surface area is 83.0 Å². The van der Waals surface area contributed by atoms with Crippen molar-refractivity contribution < 1.29 is 35.8 Å². The van der Waals surface area contributed by atoms with Crippen molar-refractivity contribution in [2.45, 2.75) is 11.7 Å². The molecule has 15 heavy (non-hydrogen) atoms. The maximum absolute atomic E-state index is 11.4. The molecule has 0 aromatic rings. The number of halogens is 4. The fraction of sp³-hybridized carbons (Fsp3) is 0.333. The minimum Gasteiger partial charge on any atom is -0.743 e. The van der Waals surface area contributed by atoms with Crippen LogP contribution in [0.3, 0.4) is 0 Å². The Hall–Kier alpha value is -0.930. The molecule has 1 heterocycles. The van der Waals surface area contributed by atoms with Crippen molar-refractivity contribution in [1.29, 1.82) is 0 Å². The molecule has 1 rings (SSSR count). The van der Waals surface area contributed by atoms with Gasteiger partial charge in [0.05, 0.1) is 12.4 Å². The maximum Gasteiger partial charge on any atom is 0.393 e. The molecule has 0 aromatic heterocycles. The molecule has 4 nitrogen and oxygen atoms in total. The Balaban J connectivity index is 0.000000322. The van der Waals surface area contributed by atoms with Crippen molar-refractivity contribution in [1.82, 2.24) is 0 Å². The van der Waals surface area contributed by atoms with Crippen LogP contribution in [0.5, 0.6) is 0 Å². The van der Waals surface area contributed by atoms with E-state index in [0.717, 1.165) is 0 Å². The van der Waals surface area contributed by atoms with Crippen molar-refractivity contribution in [3.05, 3.63) is 24.6 Å². The minimum atomic E-state index is -6.23. The van der Waals surface area contributed by atoms with E-state index in [2.05, 4.69) is 0 Å². The lowest BCUT2D eigenvalue weighted by Gasteiger charge is -2.17. The SMILES string of the molecule is C1=C[NH2+]C=C1.O=S(=O)([O-])C(F)(F)C(F)F. The summed E-state index contributed by atoms with van der Waals surface area (Å²) in [5.74, 6) is 0. The van der Waals surface area contributed by atoms with E-state index in [1.807, 2.05) is 29.9 Å². The fourth-order valence-electron chi connectivity index (χ4n) is 0.430. The summed E-state index contributed by atoms with van der Waals surface area (Å²) in [6.45, 7) is 0. The van der Waals surface area contributed by atoms with E-state index < -0.39 is 21.8 Å². The number of hydrogen-bond acceptors (Lipinski definition) is 3. The van der Waals surface area contributed by atoms with E-state index >= 15 is 0 Å². The van der Waals surface area contributed by atoms with Gasteiger partial charge in [-0.15, -0.1) is 0 Å². The minimum absolute atomic E-state index is 2.00. The highest BCUT2D eigenvalue weighted by molar-refractivity contribution is 7.86. The second-order valence-electron chi connectivity index (χ2n) is 2.28. The Morgan fingerprint density at radius 1 is 1.20 bits per heavy atom. The first kappa shape index (κ1) is 14.1. The van der Waals surface area contributed by atoms with Gasteiger partial charge in [-0.1, -0.05) is 0 Å². The molecule has 0 amide bonds. The molecule has 0 radical (unpaired) electrons. The van der Waals surface area contributed by atoms with E-state index in [-0.39, 0.29) is 0 Å². The van der Waals surface area contributed by atoms with Gasteiger partial charge in [0.15, 0.2) is 10.1 Å². The summed E-state index contributed by atoms with van der Waals surface area (Å²) in [4.78, 5) is 0. The van der Waals surface area contributed by atoms with Gasteiger partial charge < -0.3 is 4.55 Å². The average Bonchev–Trinajstić information content (AvgIpc) is 2.57. The molecular weight excluding hydrogens is 242 g/mol. The van der Waals surface area contributed by atoms with Crippen molar-refractivity contribution in [2.75, 3.05) is 0 Å². The number of hydrogen-bond donors (Lipinski definition) is 1. The van der Waals surface area contributed by atoms with Crippen LogP contribution in [0.2, 0.25) is 0 Å². The molecule has 0 saturated carbocycles. The van der Waals surface area contributed by atoms with E-state index in [0.29, 0.717) is 0 Å². The maximum atomic E-state index is 11.4. The fourth-order valence-corrected chi connectivity index (χ4v) is 0.648. The summed E-state index contributed by atoms with van der Waals surface area (Å²) >= 11 is 0. The molecule has 0 saturated heterocycles. The zero-order valence-electron chi connectivity index (χ0n) is 7.11. The Morgan fingerprint density at radius 2 is 1.60 bits per heavy atom. The molecule has 0 fully saturated rings. The molecule has 2 N–H and O–H groups in total. The van der Waals surface area contributed by atoms with Gasteiger partial charge in [-0.2, -0.15) is 8.78 Å². The van der Waals surface area contributed by atoms with Crippen molar-refractivity contribution in [3.8, 4) is 0 Å². The van der Waals surface area contributed by atoms with Gasteiger partial charge in [0.2, 0.25) is 0 Å². The van der Waals surface area contributed by atoms with Gasteiger partial charge in [-0.25, -0.2) is 17.2 Å². The number of rotatable bonds is 2. The predicted octanol–water partition coefficient (Wildman–Crippen LogP) is -0.0197. The molecular formula is C6H7F4NO3S. The highest BCUT2D eigenvalue weighted by atomic mass is 32.2. The summed E-state index contributed by atoms with van der Waals surface area (Å²) in [6.07, 6.45) is 3.52. The molecule has 0 atom stereocenters. The van der Waals surface area contributed by atoms with E-state index in [1.54, 1.807) is 0 Å². The van der Waals surface area contributed by atoms with Crippen molar-refractivity contribution >= 4 is 10.1 Å². The van der Waals surface area contributed by atoms with Crippen LogP contribution in [-0.4, -0.2) is 24.7 Å². The molecule has 0 aliphatic carbocycles. The second-order valence-corrected chi connectivity index (χ2v) is 3.73.